The lowest BCUT2D eigenvalue weighted by atomic mass is 9.82. The molecule has 1 unspecified atom stereocenters. The molecule has 2 aliphatic heterocycles. The number of aliphatic hydroxyl groups excluding tert-OH is 6. The van der Waals surface area contributed by atoms with Gasteiger partial charge in [0.2, 0.25) is 6.29 Å². The van der Waals surface area contributed by atoms with Crippen molar-refractivity contribution in [3.05, 3.63) is 52.1 Å². The molecule has 14 nitrogen and oxygen atoms in total. The number of hydrogen-bond acceptors (Lipinski definition) is 14. The fourth-order valence-electron chi connectivity index (χ4n) is 5.17. The van der Waals surface area contributed by atoms with E-state index in [1.807, 2.05) is 0 Å². The van der Waals surface area contributed by atoms with Gasteiger partial charge in [-0.3, -0.25) is 9.59 Å². The first-order valence-electron chi connectivity index (χ1n) is 12.8. The Balaban J connectivity index is 1.50. The number of carbonyl (C=O) groups excluding carboxylic acids is 2. The fourth-order valence-corrected chi connectivity index (χ4v) is 5.17. The molecule has 2 heterocycles. The van der Waals surface area contributed by atoms with Crippen LogP contribution in [0.25, 0.3) is 0 Å². The highest BCUT2D eigenvalue weighted by Crippen LogP contribution is 2.41. The first kappa shape index (κ1) is 29.3. The number of ether oxygens (including phenoxy) is 4. The minimum atomic E-state index is -1.80. The third-order valence-corrected chi connectivity index (χ3v) is 7.64. The molecule has 10 atom stereocenters. The number of ketones is 2. The molecule has 8 N–H and O–H groups in total. The normalized spacial score (nSPS) is 35.1. The molecule has 222 valence electrons. The molecule has 2 aromatic carbocycles. The van der Waals surface area contributed by atoms with Gasteiger partial charge < -0.3 is 59.8 Å². The molecule has 0 aromatic heterocycles. The molecule has 5 rings (SSSR count). The van der Waals surface area contributed by atoms with Crippen LogP contribution in [-0.4, -0.2) is 120 Å². The summed E-state index contributed by atoms with van der Waals surface area (Å²) in [6.07, 6.45) is -15.7. The summed E-state index contributed by atoms with van der Waals surface area (Å²) in [7, 11) is 0. The Morgan fingerprint density at radius 1 is 0.805 bits per heavy atom. The van der Waals surface area contributed by atoms with Crippen molar-refractivity contribution in [2.45, 2.75) is 75.3 Å². The van der Waals surface area contributed by atoms with Crippen molar-refractivity contribution in [1.82, 2.24) is 0 Å². The topological polar surface area (TPSA) is 233 Å². The molecular formula is C27H30O14. The van der Waals surface area contributed by atoms with Crippen LogP contribution in [0.2, 0.25) is 0 Å². The van der Waals surface area contributed by atoms with E-state index in [2.05, 4.69) is 0 Å². The standard InChI is InChI=1S/C27H30O14/c1-8-14(6-13-16(17(8)30)20(33)11-4-3-10(29)5-12(11)19(13)32)39-27-25(23(36)21(34)15(7-28)40-27)41-26-24(37)22(35)18(31)9(2)38-26/h3-6,9,15,18,21-31,34-37H,7H2,1-2H3/t9-,15+,18-,21+,22+,23-,24+,25+,26-,27?/m1/s1. The van der Waals surface area contributed by atoms with Crippen LogP contribution >= 0.6 is 0 Å². The Morgan fingerprint density at radius 3 is 2.20 bits per heavy atom. The van der Waals surface area contributed by atoms with Gasteiger partial charge in [-0.05, 0) is 38.1 Å². The Morgan fingerprint density at radius 2 is 1.51 bits per heavy atom. The first-order chi connectivity index (χ1) is 19.3. The zero-order chi connectivity index (χ0) is 29.9. The molecule has 2 fully saturated rings. The van der Waals surface area contributed by atoms with E-state index in [1.165, 1.54) is 26.0 Å². The highest BCUT2D eigenvalue weighted by Gasteiger charge is 2.51. The van der Waals surface area contributed by atoms with E-state index in [0.717, 1.165) is 12.1 Å². The highest BCUT2D eigenvalue weighted by atomic mass is 16.8. The van der Waals surface area contributed by atoms with Gasteiger partial charge in [-0.2, -0.15) is 0 Å². The lowest BCUT2D eigenvalue weighted by Gasteiger charge is -2.45. The number of phenolic OH excluding ortho intramolecular Hbond substituents is 2. The summed E-state index contributed by atoms with van der Waals surface area (Å²) >= 11 is 0. The van der Waals surface area contributed by atoms with Gasteiger partial charge in [-0.25, -0.2) is 0 Å². The van der Waals surface area contributed by atoms with Crippen molar-refractivity contribution < 1.29 is 69.4 Å². The van der Waals surface area contributed by atoms with Crippen molar-refractivity contribution in [2.75, 3.05) is 6.61 Å². The summed E-state index contributed by atoms with van der Waals surface area (Å²) in [4.78, 5) is 26.4. The number of carbonyl (C=O) groups is 2. The van der Waals surface area contributed by atoms with Gasteiger partial charge in [0.1, 0.15) is 53.9 Å². The van der Waals surface area contributed by atoms with Crippen LogP contribution < -0.4 is 4.74 Å². The van der Waals surface area contributed by atoms with E-state index in [1.54, 1.807) is 0 Å². The van der Waals surface area contributed by atoms with Crippen molar-refractivity contribution in [3.63, 3.8) is 0 Å². The quantitative estimate of drug-likeness (QED) is 0.167. The second-order valence-corrected chi connectivity index (χ2v) is 10.3. The maximum absolute atomic E-state index is 13.3. The number of hydrogen-bond donors (Lipinski definition) is 8. The lowest BCUT2D eigenvalue weighted by Crippen LogP contribution is -2.64. The van der Waals surface area contributed by atoms with Crippen LogP contribution in [0.1, 0.15) is 44.3 Å². The van der Waals surface area contributed by atoms with E-state index in [-0.39, 0.29) is 39.3 Å². The van der Waals surface area contributed by atoms with E-state index in [4.69, 9.17) is 18.9 Å². The summed E-state index contributed by atoms with van der Waals surface area (Å²) in [6.45, 7) is 2.04. The van der Waals surface area contributed by atoms with Crippen LogP contribution in [0.4, 0.5) is 0 Å². The van der Waals surface area contributed by atoms with Gasteiger partial charge in [0.05, 0.1) is 18.3 Å². The van der Waals surface area contributed by atoms with E-state index in [0.29, 0.717) is 0 Å². The van der Waals surface area contributed by atoms with Gasteiger partial charge in [0.15, 0.2) is 24.0 Å². The molecule has 2 aromatic rings. The van der Waals surface area contributed by atoms with E-state index >= 15 is 0 Å². The number of aromatic hydroxyl groups is 2. The second-order valence-electron chi connectivity index (χ2n) is 10.3. The summed E-state index contributed by atoms with van der Waals surface area (Å²) in [5, 5.41) is 82.3. The monoisotopic (exact) mass is 578 g/mol. The van der Waals surface area contributed by atoms with Crippen molar-refractivity contribution >= 4 is 11.6 Å². The summed E-state index contributed by atoms with van der Waals surface area (Å²) in [5.41, 5.74) is -0.626. The molecule has 0 spiro atoms. The van der Waals surface area contributed by atoms with E-state index < -0.39 is 85.3 Å². The van der Waals surface area contributed by atoms with Crippen molar-refractivity contribution in [1.29, 1.82) is 0 Å². The molecule has 1 aliphatic carbocycles. The molecule has 0 saturated carbocycles. The van der Waals surface area contributed by atoms with Gasteiger partial charge in [0, 0.05) is 22.3 Å². The molecule has 2 saturated heterocycles. The third-order valence-electron chi connectivity index (χ3n) is 7.64. The van der Waals surface area contributed by atoms with Gasteiger partial charge >= 0.3 is 0 Å². The van der Waals surface area contributed by atoms with Crippen molar-refractivity contribution in [3.8, 4) is 17.2 Å². The third kappa shape index (κ3) is 4.86. The number of rotatable bonds is 5. The van der Waals surface area contributed by atoms with Crippen LogP contribution in [0.15, 0.2) is 24.3 Å². The first-order valence-corrected chi connectivity index (χ1v) is 12.8. The maximum Gasteiger partial charge on any atom is 0.229 e. The smallest absolute Gasteiger partial charge is 0.229 e. The Bertz CT molecular complexity index is 1360. The Labute approximate surface area is 232 Å². The van der Waals surface area contributed by atoms with E-state index in [9.17, 15) is 50.4 Å². The molecule has 41 heavy (non-hydrogen) atoms. The predicted octanol–water partition coefficient (Wildman–Crippen LogP) is -1.79. The Kier molecular flexibility index (Phi) is 7.80. The fraction of sp³-hybridized carbons (Fsp3) is 0.481. The maximum atomic E-state index is 13.3. The summed E-state index contributed by atoms with van der Waals surface area (Å²) in [5.74, 6) is -2.36. The number of aliphatic hydroxyl groups is 6. The molecule has 0 radical (unpaired) electrons. The average Bonchev–Trinajstić information content (AvgIpc) is 2.94. The minimum Gasteiger partial charge on any atom is -0.508 e. The zero-order valence-corrected chi connectivity index (χ0v) is 21.8. The zero-order valence-electron chi connectivity index (χ0n) is 21.8. The van der Waals surface area contributed by atoms with Crippen molar-refractivity contribution in [2.24, 2.45) is 0 Å². The molecule has 14 heteroatoms. The number of phenols is 2. The highest BCUT2D eigenvalue weighted by molar-refractivity contribution is 6.29. The number of benzene rings is 2. The van der Waals surface area contributed by atoms with Crippen LogP contribution in [-0.2, 0) is 14.2 Å². The predicted molar refractivity (Wildman–Crippen MR) is 133 cm³/mol. The molecule has 0 amide bonds. The molecular weight excluding hydrogens is 548 g/mol. The van der Waals surface area contributed by atoms with Gasteiger partial charge in [-0.15, -0.1) is 0 Å². The van der Waals surface area contributed by atoms with Crippen LogP contribution in [0.3, 0.4) is 0 Å². The number of fused-ring (bicyclic) bond motifs is 2. The second kappa shape index (κ2) is 10.9. The summed E-state index contributed by atoms with van der Waals surface area (Å²) < 4.78 is 22.6. The van der Waals surface area contributed by atoms with Crippen LogP contribution in [0.5, 0.6) is 17.2 Å². The summed E-state index contributed by atoms with van der Waals surface area (Å²) in [6, 6.07) is 4.79. The largest absolute Gasteiger partial charge is 0.508 e. The minimum absolute atomic E-state index is 0.00300. The van der Waals surface area contributed by atoms with Gasteiger partial charge in [-0.1, -0.05) is 0 Å². The lowest BCUT2D eigenvalue weighted by molar-refractivity contribution is -0.354. The average molecular weight is 579 g/mol. The Hall–Kier alpha value is -3.18. The molecule has 3 aliphatic rings. The SMILES string of the molecule is Cc1c(OC2O[C@@H](CO)[C@H](O)[C@@H](O)[C@@H]2O[C@H]2O[C@H](C)[C@@H](O)[C@H](O)[C@@H]2O)cc2c(c1O)C(=O)c1ccc(O)cc1C2=O. The molecule has 0 bridgehead atoms. The van der Waals surface area contributed by atoms with Crippen LogP contribution in [0, 0.1) is 6.92 Å². The van der Waals surface area contributed by atoms with Gasteiger partial charge in [0.25, 0.3) is 0 Å².